The molecule has 0 aliphatic carbocycles. The van der Waals surface area contributed by atoms with Gasteiger partial charge in [-0.15, -0.1) is 0 Å². The van der Waals surface area contributed by atoms with Crippen molar-refractivity contribution < 1.29 is 4.52 Å². The van der Waals surface area contributed by atoms with E-state index in [4.69, 9.17) is 10.3 Å². The first kappa shape index (κ1) is 10.8. The molecule has 0 aliphatic heterocycles. The van der Waals surface area contributed by atoms with E-state index in [0.717, 1.165) is 12.0 Å². The molecule has 4 heteroatoms. The second-order valence-electron chi connectivity index (χ2n) is 3.80. The van der Waals surface area contributed by atoms with E-state index >= 15 is 0 Å². The molecule has 0 spiro atoms. The molecule has 4 nitrogen and oxygen atoms in total. The Labute approximate surface area is 94.5 Å². The minimum absolute atomic E-state index is 0.226. The summed E-state index contributed by atoms with van der Waals surface area (Å²) in [6.07, 6.45) is 1.03. The molecule has 0 bridgehead atoms. The van der Waals surface area contributed by atoms with E-state index in [0.29, 0.717) is 11.7 Å². The predicted octanol–water partition coefficient (Wildman–Crippen LogP) is 2.32. The van der Waals surface area contributed by atoms with Crippen LogP contribution in [-0.4, -0.2) is 10.1 Å². The molecule has 0 radical (unpaired) electrons. The summed E-state index contributed by atoms with van der Waals surface area (Å²) >= 11 is 0. The molecule has 2 N–H and O–H groups in total. The molecule has 0 saturated carbocycles. The van der Waals surface area contributed by atoms with Gasteiger partial charge in [-0.3, -0.25) is 0 Å². The van der Waals surface area contributed by atoms with Crippen LogP contribution < -0.4 is 5.73 Å². The molecule has 2 aromatic rings. The Morgan fingerprint density at radius 1 is 1.31 bits per heavy atom. The summed E-state index contributed by atoms with van der Waals surface area (Å²) in [7, 11) is 0. The van der Waals surface area contributed by atoms with Crippen LogP contribution in [0, 0.1) is 0 Å². The second kappa shape index (κ2) is 4.45. The van der Waals surface area contributed by atoms with Gasteiger partial charge in [-0.25, -0.2) is 0 Å². The molecule has 1 heterocycles. The summed E-state index contributed by atoms with van der Waals surface area (Å²) in [5.41, 5.74) is 7.90. The number of rotatable bonds is 3. The lowest BCUT2D eigenvalue weighted by Crippen LogP contribution is -2.04. The predicted molar refractivity (Wildman–Crippen MR) is 61.7 cm³/mol. The van der Waals surface area contributed by atoms with E-state index in [1.54, 1.807) is 0 Å². The quantitative estimate of drug-likeness (QED) is 0.856. The van der Waals surface area contributed by atoms with Crippen LogP contribution in [0.4, 0.5) is 0 Å². The van der Waals surface area contributed by atoms with Gasteiger partial charge in [-0.2, -0.15) is 4.98 Å². The van der Waals surface area contributed by atoms with Crippen LogP contribution in [0.25, 0.3) is 11.4 Å². The average molecular weight is 217 g/mol. The highest BCUT2D eigenvalue weighted by molar-refractivity contribution is 5.54. The molecule has 0 aliphatic rings. The smallest absolute Gasteiger partial charge is 0.243 e. The zero-order valence-corrected chi connectivity index (χ0v) is 9.47. The van der Waals surface area contributed by atoms with Crippen molar-refractivity contribution >= 4 is 0 Å². The van der Waals surface area contributed by atoms with Crippen LogP contribution >= 0.6 is 0 Å². The largest absolute Gasteiger partial charge is 0.337 e. The molecule has 1 aromatic carbocycles. The maximum absolute atomic E-state index is 5.65. The zero-order valence-electron chi connectivity index (χ0n) is 9.47. The number of nitrogens with zero attached hydrogens (tertiary/aromatic N) is 2. The lowest BCUT2D eigenvalue weighted by molar-refractivity contribution is 0.362. The molecule has 1 aromatic heterocycles. The van der Waals surface area contributed by atoms with Crippen molar-refractivity contribution in [2.45, 2.75) is 26.3 Å². The van der Waals surface area contributed by atoms with Crippen LogP contribution in [0.3, 0.4) is 0 Å². The fraction of sp³-hybridized carbons (Fsp3) is 0.333. The summed E-state index contributed by atoms with van der Waals surface area (Å²) in [5, 5.41) is 3.90. The van der Waals surface area contributed by atoms with E-state index in [2.05, 4.69) is 29.2 Å². The van der Waals surface area contributed by atoms with Gasteiger partial charge < -0.3 is 10.3 Å². The van der Waals surface area contributed by atoms with Gasteiger partial charge in [0.25, 0.3) is 0 Å². The Morgan fingerprint density at radius 3 is 2.50 bits per heavy atom. The van der Waals surface area contributed by atoms with Crippen LogP contribution in [0.5, 0.6) is 0 Å². The van der Waals surface area contributed by atoms with Gasteiger partial charge in [-0.05, 0) is 18.9 Å². The lowest BCUT2D eigenvalue weighted by Gasteiger charge is -1.97. The van der Waals surface area contributed by atoms with E-state index in [-0.39, 0.29) is 6.04 Å². The minimum Gasteiger partial charge on any atom is -0.337 e. The fourth-order valence-corrected chi connectivity index (χ4v) is 1.43. The third kappa shape index (κ3) is 2.12. The number of aromatic nitrogens is 2. The molecule has 84 valence electrons. The maximum atomic E-state index is 5.65. The Kier molecular flexibility index (Phi) is 3.01. The summed E-state index contributed by atoms with van der Waals surface area (Å²) < 4.78 is 5.05. The second-order valence-corrected chi connectivity index (χ2v) is 3.80. The van der Waals surface area contributed by atoms with Crippen molar-refractivity contribution in [1.82, 2.24) is 10.1 Å². The summed E-state index contributed by atoms with van der Waals surface area (Å²) in [6, 6.07) is 7.90. The van der Waals surface area contributed by atoms with Crippen molar-refractivity contribution in [1.29, 1.82) is 0 Å². The maximum Gasteiger partial charge on any atom is 0.243 e. The standard InChI is InChI=1S/C12H15N3O/c1-3-9-4-6-10(7-5-9)11-14-12(8(2)13)16-15-11/h4-8H,3,13H2,1-2H3. The zero-order chi connectivity index (χ0) is 11.5. The average Bonchev–Trinajstić information content (AvgIpc) is 2.78. The van der Waals surface area contributed by atoms with E-state index < -0.39 is 0 Å². The van der Waals surface area contributed by atoms with Gasteiger partial charge in [0.15, 0.2) is 0 Å². The number of hydrogen-bond donors (Lipinski definition) is 1. The number of benzene rings is 1. The first-order valence-corrected chi connectivity index (χ1v) is 5.39. The first-order valence-electron chi connectivity index (χ1n) is 5.39. The summed E-state index contributed by atoms with van der Waals surface area (Å²) in [4.78, 5) is 4.23. The first-order chi connectivity index (χ1) is 7.70. The van der Waals surface area contributed by atoms with E-state index in [9.17, 15) is 0 Å². The monoisotopic (exact) mass is 217 g/mol. The Balaban J connectivity index is 2.28. The van der Waals surface area contributed by atoms with Crippen molar-refractivity contribution in [3.05, 3.63) is 35.7 Å². The van der Waals surface area contributed by atoms with Gasteiger partial charge in [0.2, 0.25) is 11.7 Å². The Morgan fingerprint density at radius 2 is 2.00 bits per heavy atom. The van der Waals surface area contributed by atoms with Crippen LogP contribution in [0.1, 0.15) is 31.3 Å². The number of nitrogens with two attached hydrogens (primary N) is 1. The molecule has 1 unspecified atom stereocenters. The molecular formula is C12H15N3O. The summed E-state index contributed by atoms with van der Waals surface area (Å²) in [5.74, 6) is 1.06. The van der Waals surface area contributed by atoms with Crippen LogP contribution in [-0.2, 0) is 6.42 Å². The Bertz CT molecular complexity index is 459. The van der Waals surface area contributed by atoms with Gasteiger partial charge in [-0.1, -0.05) is 36.3 Å². The minimum atomic E-state index is -0.226. The van der Waals surface area contributed by atoms with Crippen LogP contribution in [0.15, 0.2) is 28.8 Å². The van der Waals surface area contributed by atoms with Crippen molar-refractivity contribution in [3.8, 4) is 11.4 Å². The topological polar surface area (TPSA) is 64.9 Å². The normalized spacial score (nSPS) is 12.7. The van der Waals surface area contributed by atoms with Crippen LogP contribution in [0.2, 0.25) is 0 Å². The van der Waals surface area contributed by atoms with Gasteiger partial charge >= 0.3 is 0 Å². The highest BCUT2D eigenvalue weighted by Crippen LogP contribution is 2.18. The fourth-order valence-electron chi connectivity index (χ4n) is 1.43. The molecule has 0 fully saturated rings. The summed E-state index contributed by atoms with van der Waals surface area (Å²) in [6.45, 7) is 3.94. The molecule has 0 saturated heterocycles. The third-order valence-electron chi connectivity index (χ3n) is 2.45. The lowest BCUT2D eigenvalue weighted by atomic mass is 10.1. The van der Waals surface area contributed by atoms with Gasteiger partial charge in [0.1, 0.15) is 0 Å². The molecule has 16 heavy (non-hydrogen) atoms. The number of aryl methyl sites for hydroxylation is 1. The van der Waals surface area contributed by atoms with E-state index in [1.165, 1.54) is 5.56 Å². The highest BCUT2D eigenvalue weighted by atomic mass is 16.5. The van der Waals surface area contributed by atoms with Gasteiger partial charge in [0, 0.05) is 5.56 Å². The SMILES string of the molecule is CCc1ccc(-c2noc(C(C)N)n2)cc1. The van der Waals surface area contributed by atoms with Crippen molar-refractivity contribution in [2.75, 3.05) is 0 Å². The highest BCUT2D eigenvalue weighted by Gasteiger charge is 2.11. The Hall–Kier alpha value is -1.68. The van der Waals surface area contributed by atoms with Crippen molar-refractivity contribution in [2.24, 2.45) is 5.73 Å². The molecular weight excluding hydrogens is 202 g/mol. The molecule has 0 amide bonds. The van der Waals surface area contributed by atoms with Crippen molar-refractivity contribution in [3.63, 3.8) is 0 Å². The van der Waals surface area contributed by atoms with E-state index in [1.807, 2.05) is 19.1 Å². The molecule has 1 atom stereocenters. The van der Waals surface area contributed by atoms with Gasteiger partial charge in [0.05, 0.1) is 6.04 Å². The third-order valence-corrected chi connectivity index (χ3v) is 2.45. The number of hydrogen-bond acceptors (Lipinski definition) is 4. The molecule has 2 rings (SSSR count).